The van der Waals surface area contributed by atoms with E-state index in [4.69, 9.17) is 5.84 Å². The number of nitrogens with one attached hydrogen (secondary N) is 2. The molecule has 1 aromatic rings. The maximum atomic E-state index is 11.7. The highest BCUT2D eigenvalue weighted by Crippen LogP contribution is 2.35. The summed E-state index contributed by atoms with van der Waals surface area (Å²) >= 11 is 0. The molecular weight excluding hydrogens is 198 g/mol. The van der Waals surface area contributed by atoms with Crippen LogP contribution in [0.1, 0.15) is 12.5 Å². The molecule has 0 fully saturated rings. The van der Waals surface area contributed by atoms with E-state index in [1.54, 1.807) is 0 Å². The number of carbonyl (C=O) groups excluding carboxylic acids is 2. The van der Waals surface area contributed by atoms with Crippen LogP contribution in [0.3, 0.4) is 0 Å². The third-order valence-corrected chi connectivity index (χ3v) is 2.52. The van der Waals surface area contributed by atoms with E-state index < -0.39 is 17.2 Å². The first-order chi connectivity index (χ1) is 7.10. The number of nitrogens with zero attached hydrogens (tertiary/aromatic N) is 2. The van der Waals surface area contributed by atoms with Crippen LogP contribution in [0.15, 0.2) is 12.5 Å². The Bertz CT molecular complexity index is 436. The molecule has 7 nitrogen and oxygen atoms in total. The first kappa shape index (κ1) is 9.53. The van der Waals surface area contributed by atoms with Gasteiger partial charge in [-0.1, -0.05) is 0 Å². The fourth-order valence-electron chi connectivity index (χ4n) is 1.52. The lowest BCUT2D eigenvalue weighted by Crippen LogP contribution is -2.49. The Morgan fingerprint density at radius 1 is 1.67 bits per heavy atom. The molecule has 78 valence electrons. The second-order valence-corrected chi connectivity index (χ2v) is 3.34. The summed E-state index contributed by atoms with van der Waals surface area (Å²) in [5.74, 6) is 4.34. The molecule has 1 aliphatic heterocycles. The number of aromatic nitrogens is 2. The van der Waals surface area contributed by atoms with Crippen LogP contribution in [0, 0.1) is 0 Å². The lowest BCUT2D eigenvalue weighted by atomic mass is 9.84. The van der Waals surface area contributed by atoms with Crippen molar-refractivity contribution in [1.82, 2.24) is 15.4 Å². The van der Waals surface area contributed by atoms with Gasteiger partial charge in [0.05, 0.1) is 0 Å². The summed E-state index contributed by atoms with van der Waals surface area (Å²) < 4.78 is 0. The van der Waals surface area contributed by atoms with Crippen LogP contribution >= 0.6 is 0 Å². The first-order valence-electron chi connectivity index (χ1n) is 4.23. The number of nitrogens with two attached hydrogens (primary N) is 1. The largest absolute Gasteiger partial charge is 0.309 e. The lowest BCUT2D eigenvalue weighted by molar-refractivity contribution is -0.133. The van der Waals surface area contributed by atoms with E-state index in [-0.39, 0.29) is 0 Å². The van der Waals surface area contributed by atoms with Crippen molar-refractivity contribution in [2.75, 3.05) is 5.32 Å². The van der Waals surface area contributed by atoms with Crippen molar-refractivity contribution in [3.8, 4) is 0 Å². The van der Waals surface area contributed by atoms with E-state index in [9.17, 15) is 9.59 Å². The number of hydrogen-bond acceptors (Lipinski definition) is 5. The van der Waals surface area contributed by atoms with Crippen LogP contribution in [-0.2, 0) is 15.0 Å². The van der Waals surface area contributed by atoms with Crippen LogP contribution in [0.25, 0.3) is 0 Å². The minimum absolute atomic E-state index is 0.348. The molecule has 1 atom stereocenters. The molecule has 0 spiro atoms. The van der Waals surface area contributed by atoms with Crippen LogP contribution in [0.5, 0.6) is 0 Å². The predicted octanol–water partition coefficient (Wildman–Crippen LogP) is -1.32. The molecule has 15 heavy (non-hydrogen) atoms. The first-order valence-corrected chi connectivity index (χ1v) is 4.23. The van der Waals surface area contributed by atoms with Gasteiger partial charge in [-0.2, -0.15) is 0 Å². The lowest BCUT2D eigenvalue weighted by Gasteiger charge is -2.18. The topological polar surface area (TPSA) is 110 Å². The molecule has 0 radical (unpaired) electrons. The number of amides is 2. The Morgan fingerprint density at radius 2 is 2.40 bits per heavy atom. The van der Waals surface area contributed by atoms with Crippen LogP contribution < -0.4 is 16.6 Å². The molecule has 7 heteroatoms. The highest BCUT2D eigenvalue weighted by Gasteiger charge is 2.49. The van der Waals surface area contributed by atoms with Gasteiger partial charge in [0.2, 0.25) is 5.91 Å². The summed E-state index contributed by atoms with van der Waals surface area (Å²) in [7, 11) is 0. The SMILES string of the molecule is CC1(C(=O)NN)C(=O)Nc2ncncc21. The summed E-state index contributed by atoms with van der Waals surface area (Å²) in [6.45, 7) is 1.47. The standard InChI is InChI=1S/C8H9N5O2/c1-8(7(15)13-9)4-2-10-3-11-5(4)12-6(8)14/h2-3H,9H2,1H3,(H,13,15)(H,10,11,12,14). The van der Waals surface area contributed by atoms with Gasteiger partial charge in [0.1, 0.15) is 12.1 Å². The zero-order valence-corrected chi connectivity index (χ0v) is 7.94. The Balaban J connectivity index is 2.59. The molecule has 0 saturated carbocycles. The fraction of sp³-hybridized carbons (Fsp3) is 0.250. The normalized spacial score (nSPS) is 23.2. The molecule has 0 aromatic carbocycles. The molecule has 0 aliphatic carbocycles. The van der Waals surface area contributed by atoms with Gasteiger partial charge in [-0.05, 0) is 6.92 Å². The number of fused-ring (bicyclic) bond motifs is 1. The third kappa shape index (κ3) is 1.10. The van der Waals surface area contributed by atoms with E-state index in [1.807, 2.05) is 5.43 Å². The Morgan fingerprint density at radius 3 is 3.07 bits per heavy atom. The Labute approximate surface area is 85.1 Å². The van der Waals surface area contributed by atoms with Crippen LogP contribution in [0.2, 0.25) is 0 Å². The maximum absolute atomic E-state index is 11.7. The summed E-state index contributed by atoms with van der Waals surface area (Å²) in [6.07, 6.45) is 2.72. The number of hydrogen-bond donors (Lipinski definition) is 3. The monoisotopic (exact) mass is 207 g/mol. The van der Waals surface area contributed by atoms with Crippen LogP contribution in [0.4, 0.5) is 5.82 Å². The Kier molecular flexibility index (Phi) is 1.90. The molecule has 0 saturated heterocycles. The highest BCUT2D eigenvalue weighted by atomic mass is 16.2. The smallest absolute Gasteiger partial charge is 0.254 e. The van der Waals surface area contributed by atoms with Crippen molar-refractivity contribution in [3.63, 3.8) is 0 Å². The molecule has 2 rings (SSSR count). The number of carbonyl (C=O) groups is 2. The van der Waals surface area contributed by atoms with E-state index >= 15 is 0 Å². The summed E-state index contributed by atoms with van der Waals surface area (Å²) in [4.78, 5) is 30.9. The molecule has 1 unspecified atom stereocenters. The second kappa shape index (κ2) is 2.99. The number of rotatable bonds is 1. The minimum Gasteiger partial charge on any atom is -0.309 e. The molecule has 2 heterocycles. The average Bonchev–Trinajstić information content (AvgIpc) is 2.52. The van der Waals surface area contributed by atoms with Gasteiger partial charge < -0.3 is 5.32 Å². The van der Waals surface area contributed by atoms with Gasteiger partial charge in [0.25, 0.3) is 5.91 Å². The summed E-state index contributed by atoms with van der Waals surface area (Å²) in [6, 6.07) is 0. The molecular formula is C8H9N5O2. The molecule has 4 N–H and O–H groups in total. The molecule has 1 aromatic heterocycles. The molecule has 0 bridgehead atoms. The van der Waals surface area contributed by atoms with E-state index in [0.29, 0.717) is 11.4 Å². The van der Waals surface area contributed by atoms with E-state index in [1.165, 1.54) is 19.4 Å². The maximum Gasteiger partial charge on any atom is 0.254 e. The van der Waals surface area contributed by atoms with Gasteiger partial charge >= 0.3 is 0 Å². The van der Waals surface area contributed by atoms with Gasteiger partial charge in [-0.3, -0.25) is 15.0 Å². The van der Waals surface area contributed by atoms with Crippen molar-refractivity contribution in [1.29, 1.82) is 0 Å². The van der Waals surface area contributed by atoms with E-state index in [2.05, 4.69) is 15.3 Å². The van der Waals surface area contributed by atoms with Gasteiger partial charge in [-0.15, -0.1) is 0 Å². The van der Waals surface area contributed by atoms with Gasteiger partial charge in [0.15, 0.2) is 5.41 Å². The predicted molar refractivity (Wildman–Crippen MR) is 50.3 cm³/mol. The van der Waals surface area contributed by atoms with E-state index in [0.717, 1.165) is 0 Å². The zero-order chi connectivity index (χ0) is 11.1. The third-order valence-electron chi connectivity index (χ3n) is 2.52. The number of anilines is 1. The van der Waals surface area contributed by atoms with Crippen molar-refractivity contribution in [3.05, 3.63) is 18.1 Å². The van der Waals surface area contributed by atoms with Gasteiger partial charge in [-0.25, -0.2) is 15.8 Å². The zero-order valence-electron chi connectivity index (χ0n) is 7.94. The summed E-state index contributed by atoms with van der Waals surface area (Å²) in [5, 5.41) is 2.50. The Hall–Kier alpha value is -2.02. The molecule has 2 amide bonds. The average molecular weight is 207 g/mol. The fourth-order valence-corrected chi connectivity index (χ4v) is 1.52. The highest BCUT2D eigenvalue weighted by molar-refractivity contribution is 6.19. The second-order valence-electron chi connectivity index (χ2n) is 3.34. The van der Waals surface area contributed by atoms with Crippen molar-refractivity contribution in [2.24, 2.45) is 5.84 Å². The van der Waals surface area contributed by atoms with Crippen molar-refractivity contribution < 1.29 is 9.59 Å². The summed E-state index contributed by atoms with van der Waals surface area (Å²) in [5.41, 5.74) is 1.04. The quantitative estimate of drug-likeness (QED) is 0.229. The minimum atomic E-state index is -1.36. The van der Waals surface area contributed by atoms with Crippen molar-refractivity contribution in [2.45, 2.75) is 12.3 Å². The number of hydrazine groups is 1. The van der Waals surface area contributed by atoms with Crippen LogP contribution in [-0.4, -0.2) is 21.8 Å². The molecule has 1 aliphatic rings. The van der Waals surface area contributed by atoms with Crippen molar-refractivity contribution >= 4 is 17.6 Å². The van der Waals surface area contributed by atoms with Gasteiger partial charge in [0, 0.05) is 11.8 Å².